The predicted octanol–water partition coefficient (Wildman–Crippen LogP) is 1.01. The summed E-state index contributed by atoms with van der Waals surface area (Å²) in [4.78, 5) is 53.0. The van der Waals surface area contributed by atoms with Gasteiger partial charge in [0.1, 0.15) is 29.6 Å². The van der Waals surface area contributed by atoms with Crippen LogP contribution in [0.25, 0.3) is 0 Å². The van der Waals surface area contributed by atoms with Gasteiger partial charge in [0, 0.05) is 13.0 Å². The Morgan fingerprint density at radius 2 is 1.52 bits per heavy atom. The first-order valence-corrected chi connectivity index (χ1v) is 14.4. The van der Waals surface area contributed by atoms with Crippen molar-refractivity contribution in [2.75, 3.05) is 18.6 Å². The lowest BCUT2D eigenvalue weighted by Crippen LogP contribution is -2.57. The first-order chi connectivity index (χ1) is 19.1. The summed E-state index contributed by atoms with van der Waals surface area (Å²) >= 11 is 1.47. The van der Waals surface area contributed by atoms with Crippen molar-refractivity contribution in [1.29, 1.82) is 0 Å². The van der Waals surface area contributed by atoms with Crippen LogP contribution in [0.2, 0.25) is 0 Å². The van der Waals surface area contributed by atoms with Crippen molar-refractivity contribution in [2.24, 2.45) is 5.73 Å². The van der Waals surface area contributed by atoms with E-state index in [1.807, 2.05) is 6.26 Å². The number of phenolic OH excluding ortho intramolecular Hbond substituents is 2. The van der Waals surface area contributed by atoms with Crippen LogP contribution in [0, 0.1) is 0 Å². The van der Waals surface area contributed by atoms with Crippen molar-refractivity contribution in [2.45, 2.75) is 56.3 Å². The molecule has 4 unspecified atom stereocenters. The van der Waals surface area contributed by atoms with Crippen LogP contribution in [0.3, 0.4) is 0 Å². The minimum absolute atomic E-state index is 0.0531. The van der Waals surface area contributed by atoms with Crippen LogP contribution in [0.1, 0.15) is 30.4 Å². The maximum absolute atomic E-state index is 13.8. The Labute approximate surface area is 237 Å². The van der Waals surface area contributed by atoms with Crippen LogP contribution in [0.5, 0.6) is 11.5 Å². The smallest absolute Gasteiger partial charge is 0.326 e. The number of aromatic hydroxyl groups is 2. The Balaban J connectivity index is 1.76. The lowest BCUT2D eigenvalue weighted by Gasteiger charge is -2.30. The summed E-state index contributed by atoms with van der Waals surface area (Å²) in [5, 5.41) is 34.0. The molecule has 12 heteroatoms. The second-order valence-electron chi connectivity index (χ2n) is 9.78. The first-order valence-electron chi connectivity index (χ1n) is 13.0. The average molecular weight is 573 g/mol. The Morgan fingerprint density at radius 3 is 2.08 bits per heavy atom. The van der Waals surface area contributed by atoms with E-state index in [1.54, 1.807) is 24.3 Å². The molecule has 2 aromatic carbocycles. The number of likely N-dealkylation sites (tertiary alicyclic amines) is 1. The fourth-order valence-electron chi connectivity index (χ4n) is 4.59. The van der Waals surface area contributed by atoms with E-state index in [2.05, 4.69) is 10.6 Å². The normalized spacial score (nSPS) is 17.1. The number of carboxylic acid groups (broad SMARTS) is 1. The third-order valence-electron chi connectivity index (χ3n) is 6.78. The molecule has 2 aromatic rings. The van der Waals surface area contributed by atoms with E-state index in [4.69, 9.17) is 5.73 Å². The standard InChI is InChI=1S/C28H36N4O7S/c1-40-14-12-22(28(38)39)30-26(36)24-3-2-13-32(24)27(37)23(16-18-6-10-20(34)11-7-18)31-25(35)21(29)15-17-4-8-19(33)9-5-17/h4-11,21-24,33-34H,2-3,12-16,29H2,1H3,(H,30,36)(H,31,35)(H,38,39). The molecule has 0 aromatic heterocycles. The largest absolute Gasteiger partial charge is 0.508 e. The second-order valence-corrected chi connectivity index (χ2v) is 10.8. The fraction of sp³-hybridized carbons (Fsp3) is 0.429. The van der Waals surface area contributed by atoms with Crippen LogP contribution in [-0.2, 0) is 32.0 Å². The number of nitrogens with one attached hydrogen (secondary N) is 2. The van der Waals surface area contributed by atoms with Gasteiger partial charge in [0.2, 0.25) is 17.7 Å². The van der Waals surface area contributed by atoms with Crippen molar-refractivity contribution in [3.05, 3.63) is 59.7 Å². The molecule has 3 rings (SSSR count). The van der Waals surface area contributed by atoms with Crippen LogP contribution >= 0.6 is 11.8 Å². The monoisotopic (exact) mass is 572 g/mol. The van der Waals surface area contributed by atoms with Crippen molar-refractivity contribution in [3.63, 3.8) is 0 Å². The maximum Gasteiger partial charge on any atom is 0.326 e. The van der Waals surface area contributed by atoms with Gasteiger partial charge in [-0.25, -0.2) is 4.79 Å². The number of amides is 3. The molecule has 0 bridgehead atoms. The van der Waals surface area contributed by atoms with Gasteiger partial charge in [0.15, 0.2) is 0 Å². The molecular weight excluding hydrogens is 536 g/mol. The quantitative estimate of drug-likeness (QED) is 0.204. The molecule has 1 saturated heterocycles. The zero-order valence-corrected chi connectivity index (χ0v) is 23.1. The van der Waals surface area contributed by atoms with E-state index in [9.17, 15) is 34.5 Å². The summed E-state index contributed by atoms with van der Waals surface area (Å²) in [6.45, 7) is 0.279. The highest BCUT2D eigenvalue weighted by Crippen LogP contribution is 2.21. The number of hydrogen-bond donors (Lipinski definition) is 6. The van der Waals surface area contributed by atoms with Crippen LogP contribution < -0.4 is 16.4 Å². The minimum Gasteiger partial charge on any atom is -0.508 e. The van der Waals surface area contributed by atoms with E-state index < -0.39 is 47.9 Å². The zero-order chi connectivity index (χ0) is 29.2. The van der Waals surface area contributed by atoms with E-state index in [1.165, 1.54) is 40.9 Å². The number of carboxylic acids is 1. The van der Waals surface area contributed by atoms with E-state index >= 15 is 0 Å². The van der Waals surface area contributed by atoms with Crippen molar-refractivity contribution in [3.8, 4) is 11.5 Å². The van der Waals surface area contributed by atoms with Crippen molar-refractivity contribution < 1.29 is 34.5 Å². The Bertz CT molecular complexity index is 1180. The van der Waals surface area contributed by atoms with Gasteiger partial charge < -0.3 is 36.6 Å². The highest BCUT2D eigenvalue weighted by Gasteiger charge is 2.39. The van der Waals surface area contributed by atoms with Gasteiger partial charge in [-0.2, -0.15) is 11.8 Å². The summed E-state index contributed by atoms with van der Waals surface area (Å²) in [5.41, 5.74) is 7.55. The topological polar surface area (TPSA) is 182 Å². The number of thioether (sulfide) groups is 1. The van der Waals surface area contributed by atoms with Gasteiger partial charge in [-0.15, -0.1) is 0 Å². The molecule has 0 saturated carbocycles. The number of benzene rings is 2. The molecule has 0 radical (unpaired) electrons. The third-order valence-corrected chi connectivity index (χ3v) is 7.43. The Hall–Kier alpha value is -3.77. The second kappa shape index (κ2) is 14.6. The lowest BCUT2D eigenvalue weighted by atomic mass is 10.0. The maximum atomic E-state index is 13.8. The lowest BCUT2D eigenvalue weighted by molar-refractivity contribution is -0.145. The van der Waals surface area contributed by atoms with Gasteiger partial charge >= 0.3 is 5.97 Å². The van der Waals surface area contributed by atoms with E-state index in [0.29, 0.717) is 24.2 Å². The average Bonchev–Trinajstić information content (AvgIpc) is 3.42. The SMILES string of the molecule is CSCCC(NC(=O)C1CCCN1C(=O)C(Cc1ccc(O)cc1)NC(=O)C(N)Cc1ccc(O)cc1)C(=O)O. The molecular formula is C28H36N4O7S. The Morgan fingerprint density at radius 1 is 0.950 bits per heavy atom. The molecule has 1 aliphatic rings. The predicted molar refractivity (Wildman–Crippen MR) is 151 cm³/mol. The van der Waals surface area contributed by atoms with Crippen LogP contribution in [0.4, 0.5) is 0 Å². The number of carbonyl (C=O) groups excluding carboxylic acids is 3. The Kier molecular flexibility index (Phi) is 11.2. The molecule has 40 heavy (non-hydrogen) atoms. The first kappa shape index (κ1) is 30.8. The number of aliphatic carboxylic acids is 1. The summed E-state index contributed by atoms with van der Waals surface area (Å²) in [6.07, 6.45) is 3.28. The molecule has 0 aliphatic carbocycles. The number of nitrogens with zero attached hydrogens (tertiary/aromatic N) is 1. The molecule has 1 aliphatic heterocycles. The molecule has 216 valence electrons. The van der Waals surface area contributed by atoms with Crippen molar-refractivity contribution in [1.82, 2.24) is 15.5 Å². The highest BCUT2D eigenvalue weighted by atomic mass is 32.2. The van der Waals surface area contributed by atoms with Gasteiger partial charge in [-0.3, -0.25) is 14.4 Å². The number of rotatable bonds is 13. The van der Waals surface area contributed by atoms with Gasteiger partial charge in [0.25, 0.3) is 0 Å². The zero-order valence-electron chi connectivity index (χ0n) is 22.3. The van der Waals surface area contributed by atoms with Gasteiger partial charge in [-0.05, 0) is 73.1 Å². The summed E-state index contributed by atoms with van der Waals surface area (Å²) in [6, 6.07) is 8.54. The number of nitrogens with two attached hydrogens (primary N) is 1. The molecule has 1 fully saturated rings. The molecule has 3 amide bonds. The molecule has 1 heterocycles. The summed E-state index contributed by atoms with van der Waals surface area (Å²) in [7, 11) is 0. The highest BCUT2D eigenvalue weighted by molar-refractivity contribution is 7.98. The number of carbonyl (C=O) groups is 4. The fourth-order valence-corrected chi connectivity index (χ4v) is 5.06. The van der Waals surface area contributed by atoms with Crippen LogP contribution in [0.15, 0.2) is 48.5 Å². The number of phenols is 2. The summed E-state index contributed by atoms with van der Waals surface area (Å²) < 4.78 is 0. The van der Waals surface area contributed by atoms with Crippen LogP contribution in [-0.4, -0.2) is 86.6 Å². The summed E-state index contributed by atoms with van der Waals surface area (Å²) in [5.74, 6) is -2.03. The molecule has 7 N–H and O–H groups in total. The number of hydrogen-bond acceptors (Lipinski definition) is 8. The van der Waals surface area contributed by atoms with Gasteiger partial charge in [0.05, 0.1) is 6.04 Å². The van der Waals surface area contributed by atoms with Crippen molar-refractivity contribution >= 4 is 35.5 Å². The molecule has 0 spiro atoms. The van der Waals surface area contributed by atoms with E-state index in [-0.39, 0.29) is 37.3 Å². The molecule has 11 nitrogen and oxygen atoms in total. The van der Waals surface area contributed by atoms with Gasteiger partial charge in [-0.1, -0.05) is 24.3 Å². The van der Waals surface area contributed by atoms with E-state index in [0.717, 1.165) is 5.56 Å². The molecule has 4 atom stereocenters. The third kappa shape index (κ3) is 8.62. The minimum atomic E-state index is -1.14.